The second kappa shape index (κ2) is 8.15. The van der Waals surface area contributed by atoms with E-state index in [0.29, 0.717) is 13.0 Å². The molecule has 0 fully saturated rings. The molecule has 2 aromatic rings. The third-order valence-corrected chi connectivity index (χ3v) is 3.95. The minimum absolute atomic E-state index is 0.0541. The highest BCUT2D eigenvalue weighted by Gasteiger charge is 2.30. The Labute approximate surface area is 144 Å². The Kier molecular flexibility index (Phi) is 5.70. The number of furan rings is 1. The van der Waals surface area contributed by atoms with Crippen molar-refractivity contribution < 1.29 is 33.6 Å². The van der Waals surface area contributed by atoms with Gasteiger partial charge in [-0.05, 0) is 12.1 Å². The molecule has 0 radical (unpaired) electrons. The lowest BCUT2D eigenvalue weighted by atomic mass is 9.92. The summed E-state index contributed by atoms with van der Waals surface area (Å²) in [5.74, 6) is -1.46. The van der Waals surface area contributed by atoms with Crippen LogP contribution in [0.4, 0.5) is 0 Å². The maximum Gasteiger partial charge on any atom is 0.370 e. The van der Waals surface area contributed by atoms with E-state index >= 15 is 0 Å². The first-order valence-corrected chi connectivity index (χ1v) is 8.07. The summed E-state index contributed by atoms with van der Waals surface area (Å²) in [6.07, 6.45) is 3.02. The summed E-state index contributed by atoms with van der Waals surface area (Å²) in [6.45, 7) is 0.725. The number of para-hydroxylation sites is 1. The van der Waals surface area contributed by atoms with Crippen molar-refractivity contribution >= 4 is 16.9 Å². The van der Waals surface area contributed by atoms with E-state index in [1.807, 2.05) is 24.3 Å². The van der Waals surface area contributed by atoms with Crippen LogP contribution in [0.25, 0.3) is 11.0 Å². The molecular formula is C18H20O7. The third kappa shape index (κ3) is 4.19. The van der Waals surface area contributed by atoms with Crippen molar-refractivity contribution in [3.8, 4) is 0 Å². The summed E-state index contributed by atoms with van der Waals surface area (Å²) < 4.78 is 21.7. The van der Waals surface area contributed by atoms with Crippen LogP contribution in [0.15, 0.2) is 46.8 Å². The maximum absolute atomic E-state index is 11.4. The lowest BCUT2D eigenvalue weighted by molar-refractivity contribution is -0.160. The Morgan fingerprint density at radius 3 is 2.88 bits per heavy atom. The van der Waals surface area contributed by atoms with E-state index in [1.165, 1.54) is 0 Å². The molecule has 0 aliphatic carbocycles. The summed E-state index contributed by atoms with van der Waals surface area (Å²) in [5.41, 5.74) is 1.66. The number of carboxylic acids is 1. The summed E-state index contributed by atoms with van der Waals surface area (Å²) in [5, 5.41) is 18.9. The number of aliphatic hydroxyl groups excluding tert-OH is 1. The normalized spacial score (nSPS) is 20.3. The van der Waals surface area contributed by atoms with E-state index < -0.39 is 12.3 Å². The quantitative estimate of drug-likeness (QED) is 0.706. The number of hydrogen-bond acceptors (Lipinski definition) is 6. The standard InChI is InChI=1S/C18H20O7/c19-5-6-22-7-8-23-17-10-12(9-16(25-17)18(20)21)14-11-24-15-4-2-1-3-13(14)15/h1-4,9,11-12,17,19H,5-8,10H2,(H,20,21)/t12-,17+/m0/s1. The van der Waals surface area contributed by atoms with Crippen LogP contribution in [-0.2, 0) is 19.0 Å². The lowest BCUT2D eigenvalue weighted by Gasteiger charge is -2.27. The van der Waals surface area contributed by atoms with Gasteiger partial charge in [0.15, 0.2) is 0 Å². The number of allylic oxidation sites excluding steroid dienone is 1. The van der Waals surface area contributed by atoms with Crippen LogP contribution in [-0.4, -0.2) is 48.9 Å². The highest BCUT2D eigenvalue weighted by atomic mass is 16.7. The Balaban J connectivity index is 1.74. The van der Waals surface area contributed by atoms with Crippen LogP contribution in [0, 0.1) is 0 Å². The van der Waals surface area contributed by atoms with Gasteiger partial charge in [-0.2, -0.15) is 0 Å². The molecule has 2 heterocycles. The molecule has 2 N–H and O–H groups in total. The van der Waals surface area contributed by atoms with Crippen LogP contribution >= 0.6 is 0 Å². The number of rotatable bonds is 8. The smallest absolute Gasteiger partial charge is 0.370 e. The van der Waals surface area contributed by atoms with Gasteiger partial charge in [-0.25, -0.2) is 4.79 Å². The molecule has 3 rings (SSSR count). The van der Waals surface area contributed by atoms with E-state index in [4.69, 9.17) is 23.7 Å². The number of aliphatic carboxylic acids is 1. The molecule has 25 heavy (non-hydrogen) atoms. The third-order valence-electron chi connectivity index (χ3n) is 3.95. The van der Waals surface area contributed by atoms with Gasteiger partial charge in [0, 0.05) is 23.3 Å². The zero-order chi connectivity index (χ0) is 17.6. The van der Waals surface area contributed by atoms with E-state index in [1.54, 1.807) is 12.3 Å². The number of carboxylic acid groups (broad SMARTS) is 1. The number of carbonyl (C=O) groups is 1. The van der Waals surface area contributed by atoms with Crippen LogP contribution in [0.5, 0.6) is 0 Å². The fourth-order valence-electron chi connectivity index (χ4n) is 2.82. The molecule has 0 bridgehead atoms. The van der Waals surface area contributed by atoms with Crippen LogP contribution < -0.4 is 0 Å². The first-order chi connectivity index (χ1) is 12.2. The van der Waals surface area contributed by atoms with Crippen molar-refractivity contribution in [2.24, 2.45) is 0 Å². The van der Waals surface area contributed by atoms with Gasteiger partial charge in [0.05, 0.1) is 32.7 Å². The molecule has 134 valence electrons. The summed E-state index contributed by atoms with van der Waals surface area (Å²) in [4.78, 5) is 11.4. The fraction of sp³-hybridized carbons (Fsp3) is 0.389. The molecule has 2 atom stereocenters. The molecule has 7 heteroatoms. The molecule has 0 spiro atoms. The average Bonchev–Trinajstić information content (AvgIpc) is 3.05. The first-order valence-electron chi connectivity index (χ1n) is 8.07. The molecule has 1 aliphatic heterocycles. The number of aliphatic hydroxyl groups is 1. The van der Waals surface area contributed by atoms with E-state index in [9.17, 15) is 9.90 Å². The Bertz CT molecular complexity index is 749. The van der Waals surface area contributed by atoms with Crippen LogP contribution in [0.2, 0.25) is 0 Å². The summed E-state index contributed by atoms with van der Waals surface area (Å²) >= 11 is 0. The average molecular weight is 348 g/mol. The van der Waals surface area contributed by atoms with Gasteiger partial charge in [0.2, 0.25) is 12.0 Å². The Hall–Kier alpha value is -2.35. The summed E-state index contributed by atoms with van der Waals surface area (Å²) in [7, 11) is 0. The number of hydrogen-bond donors (Lipinski definition) is 2. The molecule has 7 nitrogen and oxygen atoms in total. The molecule has 1 aliphatic rings. The SMILES string of the molecule is O=C(O)C1=C[C@H](c2coc3ccccc23)C[C@H](OCCOCCO)O1. The van der Waals surface area contributed by atoms with Gasteiger partial charge in [0.25, 0.3) is 0 Å². The Morgan fingerprint density at radius 2 is 2.08 bits per heavy atom. The molecule has 0 saturated heterocycles. The minimum atomic E-state index is -1.14. The fourth-order valence-corrected chi connectivity index (χ4v) is 2.82. The largest absolute Gasteiger partial charge is 0.475 e. The van der Waals surface area contributed by atoms with Crippen molar-refractivity contribution in [1.82, 2.24) is 0 Å². The maximum atomic E-state index is 11.4. The number of ether oxygens (including phenoxy) is 3. The zero-order valence-electron chi connectivity index (χ0n) is 13.6. The van der Waals surface area contributed by atoms with Crippen molar-refractivity contribution in [3.05, 3.63) is 47.9 Å². The Morgan fingerprint density at radius 1 is 1.24 bits per heavy atom. The van der Waals surface area contributed by atoms with E-state index in [-0.39, 0.29) is 31.5 Å². The van der Waals surface area contributed by atoms with Crippen molar-refractivity contribution in [2.75, 3.05) is 26.4 Å². The molecule has 1 aromatic heterocycles. The monoisotopic (exact) mass is 348 g/mol. The van der Waals surface area contributed by atoms with E-state index in [2.05, 4.69) is 0 Å². The zero-order valence-corrected chi connectivity index (χ0v) is 13.6. The molecule has 0 saturated carbocycles. The highest BCUT2D eigenvalue weighted by molar-refractivity contribution is 5.86. The molecule has 0 amide bonds. The molecule has 1 aromatic carbocycles. The minimum Gasteiger partial charge on any atom is -0.475 e. The van der Waals surface area contributed by atoms with Crippen molar-refractivity contribution in [3.63, 3.8) is 0 Å². The second-order valence-corrected chi connectivity index (χ2v) is 5.62. The topological polar surface area (TPSA) is 98.4 Å². The molecular weight excluding hydrogens is 328 g/mol. The summed E-state index contributed by atoms with van der Waals surface area (Å²) in [6, 6.07) is 7.61. The number of fused-ring (bicyclic) bond motifs is 1. The lowest BCUT2D eigenvalue weighted by Crippen LogP contribution is -2.28. The first kappa shape index (κ1) is 17.5. The van der Waals surface area contributed by atoms with Gasteiger partial charge in [-0.1, -0.05) is 18.2 Å². The molecule has 0 unspecified atom stereocenters. The van der Waals surface area contributed by atoms with Gasteiger partial charge >= 0.3 is 5.97 Å². The highest BCUT2D eigenvalue weighted by Crippen LogP contribution is 2.36. The predicted octanol–water partition coefficient (Wildman–Crippen LogP) is 2.26. The predicted molar refractivity (Wildman–Crippen MR) is 88.0 cm³/mol. The van der Waals surface area contributed by atoms with Crippen molar-refractivity contribution in [2.45, 2.75) is 18.6 Å². The van der Waals surface area contributed by atoms with Crippen LogP contribution in [0.3, 0.4) is 0 Å². The second-order valence-electron chi connectivity index (χ2n) is 5.62. The number of benzene rings is 1. The van der Waals surface area contributed by atoms with Gasteiger partial charge in [-0.3, -0.25) is 0 Å². The van der Waals surface area contributed by atoms with Crippen molar-refractivity contribution in [1.29, 1.82) is 0 Å². The van der Waals surface area contributed by atoms with E-state index in [0.717, 1.165) is 16.5 Å². The van der Waals surface area contributed by atoms with Gasteiger partial charge in [-0.15, -0.1) is 0 Å². The van der Waals surface area contributed by atoms with Crippen LogP contribution in [0.1, 0.15) is 17.9 Å². The van der Waals surface area contributed by atoms with Gasteiger partial charge in [0.1, 0.15) is 5.58 Å². The van der Waals surface area contributed by atoms with Gasteiger partial charge < -0.3 is 28.8 Å².